The molecule has 1 amide bonds. The van der Waals surface area contributed by atoms with Crippen LogP contribution in [-0.4, -0.2) is 17.3 Å². The molecule has 0 saturated carbocycles. The first kappa shape index (κ1) is 13.2. The van der Waals surface area contributed by atoms with Crippen LogP contribution < -0.4 is 5.32 Å². The lowest BCUT2D eigenvalue weighted by Crippen LogP contribution is -2.35. The number of nitrogens with one attached hydrogen (secondary N) is 1. The largest absolute Gasteiger partial charge is 0.348 e. The molecule has 2 nitrogen and oxygen atoms in total. The summed E-state index contributed by atoms with van der Waals surface area (Å²) in [6, 6.07) is 7.98. The first-order valence-corrected chi connectivity index (χ1v) is 6.79. The molecule has 0 saturated heterocycles. The Hall–Kier alpha value is -0.830. The molecule has 88 valence electrons. The lowest BCUT2D eigenvalue weighted by atomic mass is 10.1. The molecule has 0 radical (unpaired) electrons. The molecule has 0 spiro atoms. The van der Waals surface area contributed by atoms with Crippen LogP contribution in [0.25, 0.3) is 0 Å². The van der Waals surface area contributed by atoms with Crippen molar-refractivity contribution in [1.29, 1.82) is 0 Å². The van der Waals surface area contributed by atoms with Gasteiger partial charge >= 0.3 is 0 Å². The highest BCUT2D eigenvalue weighted by Gasteiger charge is 2.10. The van der Waals surface area contributed by atoms with E-state index >= 15 is 0 Å². The molecule has 0 fully saturated rings. The average Bonchev–Trinajstić information content (AvgIpc) is 2.35. The van der Waals surface area contributed by atoms with E-state index in [2.05, 4.69) is 35.1 Å². The van der Waals surface area contributed by atoms with Crippen LogP contribution in [0.5, 0.6) is 0 Å². The summed E-state index contributed by atoms with van der Waals surface area (Å²) in [7, 11) is 0. The second-order valence-corrected chi connectivity index (χ2v) is 4.43. The van der Waals surface area contributed by atoms with Crippen LogP contribution in [0.4, 0.5) is 0 Å². The number of carbonyl (C=O) groups is 1. The number of alkyl halides is 1. The molecule has 0 aromatic heterocycles. The molecule has 1 N–H and O–H groups in total. The van der Waals surface area contributed by atoms with Gasteiger partial charge in [0, 0.05) is 16.9 Å². The van der Waals surface area contributed by atoms with Gasteiger partial charge in [0.25, 0.3) is 5.91 Å². The molecule has 1 rings (SSSR count). The second-order valence-electron chi connectivity index (χ2n) is 3.78. The maximum Gasteiger partial charge on any atom is 0.251 e. The van der Waals surface area contributed by atoms with Gasteiger partial charge in [-0.05, 0) is 30.5 Å². The normalized spacial score (nSPS) is 12.2. The maximum atomic E-state index is 11.8. The predicted octanol–water partition coefficient (Wildman–Crippen LogP) is 3.15. The van der Waals surface area contributed by atoms with E-state index in [1.807, 2.05) is 24.3 Å². The first-order chi connectivity index (χ1) is 7.71. The summed E-state index contributed by atoms with van der Waals surface area (Å²) in [6.07, 6.45) is 1.94. The molecule has 1 unspecified atom stereocenters. The first-order valence-electron chi connectivity index (χ1n) is 5.67. The highest BCUT2D eigenvalue weighted by molar-refractivity contribution is 9.09. The summed E-state index contributed by atoms with van der Waals surface area (Å²) in [6.45, 7) is 4.17. The Labute approximate surface area is 106 Å². The minimum atomic E-state index is 0.00829. The van der Waals surface area contributed by atoms with Crippen molar-refractivity contribution in [1.82, 2.24) is 5.32 Å². The fourth-order valence-corrected chi connectivity index (χ4v) is 2.03. The number of rotatable bonds is 5. The van der Waals surface area contributed by atoms with Gasteiger partial charge in [0.1, 0.15) is 0 Å². The Bertz CT molecular complexity index is 330. The maximum absolute atomic E-state index is 11.8. The number of benzene rings is 1. The van der Waals surface area contributed by atoms with Crippen molar-refractivity contribution in [3.8, 4) is 0 Å². The molecule has 0 aliphatic carbocycles. The molecule has 3 heteroatoms. The third-order valence-electron chi connectivity index (χ3n) is 2.64. The summed E-state index contributed by atoms with van der Waals surface area (Å²) in [4.78, 5) is 11.8. The molecule has 0 aliphatic rings. The summed E-state index contributed by atoms with van der Waals surface area (Å²) in [5, 5.41) is 3.78. The van der Waals surface area contributed by atoms with E-state index in [9.17, 15) is 4.79 Å². The number of hydrogen-bond acceptors (Lipinski definition) is 1. The van der Waals surface area contributed by atoms with Crippen molar-refractivity contribution in [2.45, 2.75) is 32.7 Å². The highest BCUT2D eigenvalue weighted by Crippen LogP contribution is 2.06. The number of amides is 1. The molecular weight excluding hydrogens is 266 g/mol. The van der Waals surface area contributed by atoms with Crippen molar-refractivity contribution in [2.75, 3.05) is 5.33 Å². The van der Waals surface area contributed by atoms with Gasteiger partial charge in [0.05, 0.1) is 0 Å². The Balaban J connectivity index is 2.65. The van der Waals surface area contributed by atoms with E-state index < -0.39 is 0 Å². The van der Waals surface area contributed by atoms with Crippen molar-refractivity contribution in [3.05, 3.63) is 35.4 Å². The van der Waals surface area contributed by atoms with Crippen LogP contribution in [0.3, 0.4) is 0 Å². The molecular formula is C13H18BrNO. The highest BCUT2D eigenvalue weighted by atomic mass is 79.9. The molecule has 1 atom stereocenters. The third kappa shape index (κ3) is 3.63. The van der Waals surface area contributed by atoms with E-state index in [-0.39, 0.29) is 11.9 Å². The molecule has 0 aliphatic heterocycles. The Morgan fingerprint density at radius 2 is 1.94 bits per heavy atom. The summed E-state index contributed by atoms with van der Waals surface area (Å²) in [5.41, 5.74) is 1.99. The Morgan fingerprint density at radius 1 is 1.31 bits per heavy atom. The second kappa shape index (κ2) is 6.69. The monoisotopic (exact) mass is 283 g/mol. The standard InChI is InChI=1S/C13H18BrNO/c1-3-10-5-7-11(8-6-10)13(16)15-12(4-2)9-14/h5-8,12H,3-4,9H2,1-2H3,(H,15,16). The van der Waals surface area contributed by atoms with Crippen LogP contribution >= 0.6 is 15.9 Å². The fraction of sp³-hybridized carbons (Fsp3) is 0.462. The molecule has 0 bridgehead atoms. The van der Waals surface area contributed by atoms with E-state index in [1.165, 1.54) is 5.56 Å². The van der Waals surface area contributed by atoms with E-state index in [0.717, 1.165) is 23.7 Å². The van der Waals surface area contributed by atoms with Crippen molar-refractivity contribution in [3.63, 3.8) is 0 Å². The van der Waals surface area contributed by atoms with Crippen LogP contribution in [0, 0.1) is 0 Å². The van der Waals surface area contributed by atoms with E-state index in [1.54, 1.807) is 0 Å². The van der Waals surface area contributed by atoms with Gasteiger partial charge in [-0.3, -0.25) is 4.79 Å². The van der Waals surface area contributed by atoms with Crippen LogP contribution in [0.15, 0.2) is 24.3 Å². The quantitative estimate of drug-likeness (QED) is 0.827. The van der Waals surface area contributed by atoms with Gasteiger partial charge in [-0.15, -0.1) is 0 Å². The molecule has 0 heterocycles. The van der Waals surface area contributed by atoms with E-state index in [4.69, 9.17) is 0 Å². The van der Waals surface area contributed by atoms with Crippen LogP contribution in [0.1, 0.15) is 36.2 Å². The van der Waals surface area contributed by atoms with Gasteiger partial charge < -0.3 is 5.32 Å². The van der Waals surface area contributed by atoms with Gasteiger partial charge in [0.15, 0.2) is 0 Å². The summed E-state index contributed by atoms with van der Waals surface area (Å²) in [5.74, 6) is 0.00829. The van der Waals surface area contributed by atoms with Crippen molar-refractivity contribution in [2.24, 2.45) is 0 Å². The SMILES string of the molecule is CCc1ccc(C(=O)NC(CC)CBr)cc1. The zero-order chi connectivity index (χ0) is 12.0. The van der Waals surface area contributed by atoms with Crippen LogP contribution in [0.2, 0.25) is 0 Å². The third-order valence-corrected chi connectivity index (χ3v) is 3.42. The van der Waals surface area contributed by atoms with Gasteiger partial charge in [0.2, 0.25) is 0 Å². The van der Waals surface area contributed by atoms with Gasteiger partial charge in [-0.1, -0.05) is 41.9 Å². The zero-order valence-corrected chi connectivity index (χ0v) is 11.4. The lowest BCUT2D eigenvalue weighted by molar-refractivity contribution is 0.0940. The van der Waals surface area contributed by atoms with Crippen molar-refractivity contribution >= 4 is 21.8 Å². The number of hydrogen-bond donors (Lipinski definition) is 1. The fourth-order valence-electron chi connectivity index (χ4n) is 1.41. The molecule has 16 heavy (non-hydrogen) atoms. The van der Waals surface area contributed by atoms with Gasteiger partial charge in [-0.25, -0.2) is 0 Å². The summed E-state index contributed by atoms with van der Waals surface area (Å²) >= 11 is 3.39. The smallest absolute Gasteiger partial charge is 0.251 e. The minimum absolute atomic E-state index is 0.00829. The molecule has 1 aromatic rings. The Kier molecular flexibility index (Phi) is 5.53. The minimum Gasteiger partial charge on any atom is -0.348 e. The van der Waals surface area contributed by atoms with Crippen LogP contribution in [-0.2, 0) is 6.42 Å². The number of carbonyl (C=O) groups excluding carboxylic acids is 1. The summed E-state index contributed by atoms with van der Waals surface area (Å²) < 4.78 is 0. The average molecular weight is 284 g/mol. The predicted molar refractivity (Wildman–Crippen MR) is 71.2 cm³/mol. The number of aryl methyl sites for hydroxylation is 1. The van der Waals surface area contributed by atoms with Gasteiger partial charge in [-0.2, -0.15) is 0 Å². The lowest BCUT2D eigenvalue weighted by Gasteiger charge is -2.13. The zero-order valence-electron chi connectivity index (χ0n) is 9.79. The van der Waals surface area contributed by atoms with Crippen molar-refractivity contribution < 1.29 is 4.79 Å². The Morgan fingerprint density at radius 3 is 2.38 bits per heavy atom. The topological polar surface area (TPSA) is 29.1 Å². The molecule has 1 aromatic carbocycles. The van der Waals surface area contributed by atoms with E-state index in [0.29, 0.717) is 0 Å². The number of halogens is 1.